The number of anilines is 1. The van der Waals surface area contributed by atoms with Crippen LogP contribution in [0.2, 0.25) is 5.02 Å². The molecule has 2 saturated heterocycles. The van der Waals surface area contributed by atoms with Crippen LogP contribution < -0.4 is 4.90 Å². The van der Waals surface area contributed by atoms with Crippen LogP contribution in [-0.4, -0.2) is 59.3 Å². The quantitative estimate of drug-likeness (QED) is 0.650. The van der Waals surface area contributed by atoms with Crippen molar-refractivity contribution in [3.63, 3.8) is 0 Å². The van der Waals surface area contributed by atoms with Gasteiger partial charge in [0.25, 0.3) is 0 Å². The Balaban J connectivity index is 0.00000160. The Labute approximate surface area is 197 Å². The van der Waals surface area contributed by atoms with Crippen LogP contribution >= 0.6 is 36.4 Å². The van der Waals surface area contributed by atoms with Crippen molar-refractivity contribution < 1.29 is 4.74 Å². The van der Waals surface area contributed by atoms with Crippen molar-refractivity contribution in [1.82, 2.24) is 14.9 Å². The fourth-order valence-corrected chi connectivity index (χ4v) is 4.50. The first-order valence-electron chi connectivity index (χ1n) is 10.2. The minimum Gasteiger partial charge on any atom is -0.376 e. The molecule has 2 atom stereocenters. The van der Waals surface area contributed by atoms with Gasteiger partial charge in [-0.2, -0.15) is 0 Å². The summed E-state index contributed by atoms with van der Waals surface area (Å²) in [6.07, 6.45) is 5.43. The fourth-order valence-electron chi connectivity index (χ4n) is 4.37. The molecule has 0 aliphatic carbocycles. The second kappa shape index (κ2) is 11.5. The number of nitrogens with zero attached hydrogens (tertiary/aromatic N) is 4. The van der Waals surface area contributed by atoms with Crippen LogP contribution in [-0.2, 0) is 11.2 Å². The Kier molecular flexibility index (Phi) is 9.64. The van der Waals surface area contributed by atoms with Crippen molar-refractivity contribution in [2.75, 3.05) is 31.1 Å². The number of piperidine rings is 1. The van der Waals surface area contributed by atoms with Gasteiger partial charge in [0.1, 0.15) is 0 Å². The molecule has 5 nitrogen and oxygen atoms in total. The zero-order valence-corrected chi connectivity index (χ0v) is 19.9. The third-order valence-electron chi connectivity index (χ3n) is 5.89. The second-order valence-corrected chi connectivity index (χ2v) is 8.48. The first-order chi connectivity index (χ1) is 13.6. The predicted molar refractivity (Wildman–Crippen MR) is 128 cm³/mol. The zero-order valence-electron chi connectivity index (χ0n) is 17.5. The lowest BCUT2D eigenvalue weighted by atomic mass is 9.96. The van der Waals surface area contributed by atoms with Crippen LogP contribution in [0.15, 0.2) is 36.5 Å². The Bertz CT molecular complexity index is 784. The van der Waals surface area contributed by atoms with Crippen LogP contribution in [0.4, 0.5) is 5.95 Å². The highest BCUT2D eigenvalue weighted by atomic mass is 35.5. The van der Waals surface area contributed by atoms with E-state index in [2.05, 4.69) is 38.8 Å². The normalized spacial score (nSPS) is 22.8. The van der Waals surface area contributed by atoms with E-state index in [0.29, 0.717) is 18.2 Å². The van der Waals surface area contributed by atoms with E-state index in [9.17, 15) is 0 Å². The molecule has 2 aromatic rings. The van der Waals surface area contributed by atoms with Crippen LogP contribution in [0.3, 0.4) is 0 Å². The minimum atomic E-state index is 0. The van der Waals surface area contributed by atoms with E-state index in [-0.39, 0.29) is 24.8 Å². The maximum atomic E-state index is 6.05. The third-order valence-corrected chi connectivity index (χ3v) is 6.15. The number of aromatic nitrogens is 2. The molecule has 0 bridgehead atoms. The van der Waals surface area contributed by atoms with Crippen molar-refractivity contribution >= 4 is 42.4 Å². The van der Waals surface area contributed by atoms with Crippen molar-refractivity contribution in [3.8, 4) is 0 Å². The third kappa shape index (κ3) is 6.21. The number of halogens is 3. The summed E-state index contributed by atoms with van der Waals surface area (Å²) in [6, 6.07) is 11.2. The summed E-state index contributed by atoms with van der Waals surface area (Å²) >= 11 is 6.05. The van der Waals surface area contributed by atoms with E-state index < -0.39 is 0 Å². The lowest BCUT2D eigenvalue weighted by molar-refractivity contribution is -0.0745. The summed E-state index contributed by atoms with van der Waals surface area (Å²) in [5.74, 6) is 0.867. The molecule has 4 rings (SSSR count). The number of aryl methyl sites for hydroxylation is 1. The van der Waals surface area contributed by atoms with E-state index in [4.69, 9.17) is 16.3 Å². The fraction of sp³-hybridized carbons (Fsp3) is 0.545. The second-order valence-electron chi connectivity index (χ2n) is 8.04. The molecule has 2 aliphatic rings. The molecule has 0 unspecified atom stereocenters. The van der Waals surface area contributed by atoms with E-state index >= 15 is 0 Å². The van der Waals surface area contributed by atoms with Gasteiger partial charge in [0.2, 0.25) is 5.95 Å². The molecule has 30 heavy (non-hydrogen) atoms. The lowest BCUT2D eigenvalue weighted by Gasteiger charge is -2.46. The van der Waals surface area contributed by atoms with Crippen LogP contribution in [0, 0.1) is 6.92 Å². The number of hydrogen-bond donors (Lipinski definition) is 0. The van der Waals surface area contributed by atoms with E-state index in [0.717, 1.165) is 62.2 Å². The van der Waals surface area contributed by atoms with Gasteiger partial charge in [-0.1, -0.05) is 23.7 Å². The number of morpholine rings is 1. The Morgan fingerprint density at radius 1 is 1.10 bits per heavy atom. The topological polar surface area (TPSA) is 41.5 Å². The molecule has 1 aromatic carbocycles. The van der Waals surface area contributed by atoms with Crippen molar-refractivity contribution in [3.05, 3.63) is 52.8 Å². The van der Waals surface area contributed by atoms with Crippen LogP contribution in [0.25, 0.3) is 0 Å². The van der Waals surface area contributed by atoms with Crippen LogP contribution in [0.1, 0.15) is 31.0 Å². The highest BCUT2D eigenvalue weighted by Gasteiger charge is 2.34. The van der Waals surface area contributed by atoms with Crippen molar-refractivity contribution in [1.29, 1.82) is 0 Å². The number of hydrogen-bond acceptors (Lipinski definition) is 5. The van der Waals surface area contributed by atoms with Gasteiger partial charge in [-0.3, -0.25) is 4.90 Å². The Morgan fingerprint density at radius 3 is 2.47 bits per heavy atom. The van der Waals surface area contributed by atoms with E-state index in [1.54, 1.807) is 0 Å². The molecule has 0 amide bonds. The molecule has 0 N–H and O–H groups in total. The monoisotopic (exact) mass is 472 g/mol. The molecule has 1 aromatic heterocycles. The first-order valence-corrected chi connectivity index (χ1v) is 10.6. The van der Waals surface area contributed by atoms with Gasteiger partial charge in [-0.05, 0) is 56.9 Å². The SMILES string of the molecule is Cc1ccnc(N2CCC(N3C[C@H](C)OC[C@@H]3Cc3ccc(Cl)cc3)CC2)n1.Cl.Cl. The lowest BCUT2D eigenvalue weighted by Crippen LogP contribution is -2.56. The predicted octanol–water partition coefficient (Wildman–Crippen LogP) is 4.58. The van der Waals surface area contributed by atoms with Crippen LogP contribution in [0.5, 0.6) is 0 Å². The summed E-state index contributed by atoms with van der Waals surface area (Å²) in [5.41, 5.74) is 2.35. The Hall–Kier alpha value is -1.11. The maximum absolute atomic E-state index is 6.05. The molecule has 2 aliphatic heterocycles. The number of ether oxygens (including phenoxy) is 1. The average Bonchev–Trinajstić information content (AvgIpc) is 2.71. The summed E-state index contributed by atoms with van der Waals surface area (Å²) in [7, 11) is 0. The molecule has 2 fully saturated rings. The highest BCUT2D eigenvalue weighted by molar-refractivity contribution is 6.30. The van der Waals surface area contributed by atoms with Gasteiger partial charge in [0, 0.05) is 48.6 Å². The number of benzene rings is 1. The van der Waals surface area contributed by atoms with Gasteiger partial charge in [-0.15, -0.1) is 24.8 Å². The molecule has 0 spiro atoms. The van der Waals surface area contributed by atoms with E-state index in [1.165, 1.54) is 5.56 Å². The van der Waals surface area contributed by atoms with Gasteiger partial charge >= 0.3 is 0 Å². The largest absolute Gasteiger partial charge is 0.376 e. The standard InChI is InChI=1S/C22H29ClN4O.2ClH/c1-16-7-10-24-22(25-16)26-11-8-20(9-12-26)27-14-17(2)28-15-21(27)13-18-3-5-19(23)6-4-18;;/h3-7,10,17,20-21H,8-9,11-15H2,1-2H3;2*1H/t17-,21-;;/m0../s1. The smallest absolute Gasteiger partial charge is 0.225 e. The molecule has 8 heteroatoms. The zero-order chi connectivity index (χ0) is 19.5. The van der Waals surface area contributed by atoms with Gasteiger partial charge in [0.15, 0.2) is 0 Å². The van der Waals surface area contributed by atoms with E-state index in [1.807, 2.05) is 31.3 Å². The summed E-state index contributed by atoms with van der Waals surface area (Å²) < 4.78 is 6.01. The minimum absolute atomic E-state index is 0. The first kappa shape index (κ1) is 25.2. The summed E-state index contributed by atoms with van der Waals surface area (Å²) in [4.78, 5) is 14.1. The molecule has 166 valence electrons. The molecule has 0 saturated carbocycles. The summed E-state index contributed by atoms with van der Waals surface area (Å²) in [5, 5.41) is 0.792. The molecule has 0 radical (unpaired) electrons. The van der Waals surface area contributed by atoms with Gasteiger partial charge in [-0.25, -0.2) is 9.97 Å². The Morgan fingerprint density at radius 2 is 1.80 bits per heavy atom. The average molecular weight is 474 g/mol. The van der Waals surface area contributed by atoms with Gasteiger partial charge in [0.05, 0.1) is 12.7 Å². The summed E-state index contributed by atoms with van der Waals surface area (Å²) in [6.45, 7) is 8.02. The van der Waals surface area contributed by atoms with Gasteiger partial charge < -0.3 is 9.64 Å². The molecule has 3 heterocycles. The number of rotatable bonds is 4. The van der Waals surface area contributed by atoms with Crippen molar-refractivity contribution in [2.45, 2.75) is 51.3 Å². The highest BCUT2D eigenvalue weighted by Crippen LogP contribution is 2.26. The maximum Gasteiger partial charge on any atom is 0.225 e. The van der Waals surface area contributed by atoms with Crippen molar-refractivity contribution in [2.24, 2.45) is 0 Å². The molecular formula is C22H31Cl3N4O. The molecular weight excluding hydrogens is 443 g/mol.